The number of carbonyl (C=O) groups excluding carboxylic acids is 2. The summed E-state index contributed by atoms with van der Waals surface area (Å²) < 4.78 is 5.32. The molecule has 1 amide bonds. The molecule has 0 saturated carbocycles. The molecule has 0 bridgehead atoms. The quantitative estimate of drug-likeness (QED) is 0.844. The summed E-state index contributed by atoms with van der Waals surface area (Å²) in [4.78, 5) is 24.6. The van der Waals surface area contributed by atoms with Gasteiger partial charge in [0.2, 0.25) is 0 Å². The maximum absolute atomic E-state index is 12.5. The number of hydrogen-bond acceptors (Lipinski definition) is 5. The zero-order valence-electron chi connectivity index (χ0n) is 13.7. The van der Waals surface area contributed by atoms with E-state index in [4.69, 9.17) is 10.00 Å². The smallest absolute Gasteiger partial charge is 0.316 e. The molecule has 1 N–H and O–H groups in total. The zero-order valence-corrected chi connectivity index (χ0v) is 14.5. The SMILES string of the molecule is C[C@@H](OC(=O)C(C)(C)c1ccccc1)C(=O)Nc1sccc1C#N. The maximum Gasteiger partial charge on any atom is 0.316 e. The van der Waals surface area contributed by atoms with E-state index in [9.17, 15) is 9.59 Å². The molecule has 0 fully saturated rings. The molecule has 24 heavy (non-hydrogen) atoms. The van der Waals surface area contributed by atoms with Gasteiger partial charge in [-0.05, 0) is 37.8 Å². The molecule has 124 valence electrons. The standard InChI is InChI=1S/C18H18N2O3S/c1-12(15(21)20-16-13(11-19)9-10-24-16)23-17(22)18(2,3)14-7-5-4-6-8-14/h4-10,12H,1-3H3,(H,20,21)/t12-/m1/s1. The zero-order chi connectivity index (χ0) is 17.7. The Hall–Kier alpha value is -2.65. The van der Waals surface area contributed by atoms with Gasteiger partial charge in [0.25, 0.3) is 5.91 Å². The number of nitrogens with one attached hydrogen (secondary N) is 1. The van der Waals surface area contributed by atoms with Crippen molar-refractivity contribution in [2.24, 2.45) is 0 Å². The predicted octanol–water partition coefficient (Wildman–Crippen LogP) is 3.47. The fraction of sp³-hybridized carbons (Fsp3) is 0.278. The van der Waals surface area contributed by atoms with Crippen molar-refractivity contribution in [3.63, 3.8) is 0 Å². The molecule has 2 aromatic rings. The number of amides is 1. The van der Waals surface area contributed by atoms with Gasteiger partial charge >= 0.3 is 5.97 Å². The Kier molecular flexibility index (Phi) is 5.37. The van der Waals surface area contributed by atoms with Crippen molar-refractivity contribution in [2.75, 3.05) is 5.32 Å². The lowest BCUT2D eigenvalue weighted by Crippen LogP contribution is -2.37. The van der Waals surface area contributed by atoms with E-state index < -0.39 is 23.4 Å². The van der Waals surface area contributed by atoms with Gasteiger partial charge in [0.1, 0.15) is 11.1 Å². The van der Waals surface area contributed by atoms with Gasteiger partial charge in [0.15, 0.2) is 6.10 Å². The van der Waals surface area contributed by atoms with Gasteiger partial charge in [0, 0.05) is 0 Å². The van der Waals surface area contributed by atoms with Crippen LogP contribution in [0.15, 0.2) is 41.8 Å². The first-order valence-corrected chi connectivity index (χ1v) is 8.29. The summed E-state index contributed by atoms with van der Waals surface area (Å²) in [5, 5.41) is 13.7. The van der Waals surface area contributed by atoms with Crippen molar-refractivity contribution in [3.8, 4) is 6.07 Å². The van der Waals surface area contributed by atoms with Crippen LogP contribution >= 0.6 is 11.3 Å². The van der Waals surface area contributed by atoms with Crippen molar-refractivity contribution in [3.05, 3.63) is 52.9 Å². The van der Waals surface area contributed by atoms with Crippen LogP contribution in [0.5, 0.6) is 0 Å². The molecule has 0 unspecified atom stereocenters. The van der Waals surface area contributed by atoms with E-state index in [0.717, 1.165) is 5.56 Å². The number of carbonyl (C=O) groups is 2. The minimum Gasteiger partial charge on any atom is -0.452 e. The van der Waals surface area contributed by atoms with Crippen LogP contribution in [-0.4, -0.2) is 18.0 Å². The Morgan fingerprint density at radius 1 is 1.25 bits per heavy atom. The lowest BCUT2D eigenvalue weighted by atomic mass is 9.85. The minimum atomic E-state index is -0.964. The highest BCUT2D eigenvalue weighted by molar-refractivity contribution is 7.14. The molecule has 1 heterocycles. The normalized spacial score (nSPS) is 12.1. The third kappa shape index (κ3) is 3.81. The van der Waals surface area contributed by atoms with Crippen LogP contribution < -0.4 is 5.32 Å². The van der Waals surface area contributed by atoms with Crippen LogP contribution in [-0.2, 0) is 19.7 Å². The topological polar surface area (TPSA) is 79.2 Å². The van der Waals surface area contributed by atoms with Gasteiger partial charge in [0.05, 0.1) is 11.0 Å². The number of hydrogen-bond donors (Lipinski definition) is 1. The number of nitrogens with zero attached hydrogens (tertiary/aromatic N) is 1. The summed E-state index contributed by atoms with van der Waals surface area (Å²) >= 11 is 1.25. The van der Waals surface area contributed by atoms with E-state index in [-0.39, 0.29) is 0 Å². The van der Waals surface area contributed by atoms with Gasteiger partial charge in [-0.3, -0.25) is 9.59 Å². The van der Waals surface area contributed by atoms with E-state index in [1.54, 1.807) is 25.3 Å². The molecule has 0 aliphatic heterocycles. The molecular formula is C18H18N2O3S. The molecule has 0 aliphatic rings. The Morgan fingerprint density at radius 3 is 2.54 bits per heavy atom. The molecule has 0 radical (unpaired) electrons. The summed E-state index contributed by atoms with van der Waals surface area (Å²) in [6, 6.07) is 12.9. The number of benzene rings is 1. The Bertz CT molecular complexity index is 775. The van der Waals surface area contributed by atoms with Gasteiger partial charge in [-0.2, -0.15) is 5.26 Å². The van der Waals surface area contributed by atoms with Crippen molar-refractivity contribution in [2.45, 2.75) is 32.3 Å². The van der Waals surface area contributed by atoms with E-state index in [1.807, 2.05) is 36.4 Å². The van der Waals surface area contributed by atoms with Gasteiger partial charge in [-0.1, -0.05) is 30.3 Å². The van der Waals surface area contributed by atoms with Crippen molar-refractivity contribution < 1.29 is 14.3 Å². The number of nitriles is 1. The van der Waals surface area contributed by atoms with E-state index in [0.29, 0.717) is 10.6 Å². The summed E-state index contributed by atoms with van der Waals surface area (Å²) in [6.45, 7) is 5.01. The lowest BCUT2D eigenvalue weighted by molar-refractivity contribution is -0.158. The average Bonchev–Trinajstić information content (AvgIpc) is 3.02. The lowest BCUT2D eigenvalue weighted by Gasteiger charge is -2.25. The fourth-order valence-electron chi connectivity index (χ4n) is 2.04. The molecule has 5 nitrogen and oxygen atoms in total. The molecule has 2 rings (SSSR count). The minimum absolute atomic E-state index is 0.386. The molecule has 0 spiro atoms. The van der Waals surface area contributed by atoms with Crippen LogP contribution in [0, 0.1) is 11.3 Å². The third-order valence-corrected chi connectivity index (χ3v) is 4.51. The molecule has 1 aromatic heterocycles. The van der Waals surface area contributed by atoms with Crippen LogP contribution in [0.4, 0.5) is 5.00 Å². The highest BCUT2D eigenvalue weighted by atomic mass is 32.1. The fourth-order valence-corrected chi connectivity index (χ4v) is 2.78. The summed E-state index contributed by atoms with van der Waals surface area (Å²) in [6.07, 6.45) is -0.964. The number of thiophene rings is 1. The van der Waals surface area contributed by atoms with Crippen LogP contribution in [0.3, 0.4) is 0 Å². The third-order valence-electron chi connectivity index (χ3n) is 3.68. The van der Waals surface area contributed by atoms with Crippen molar-refractivity contribution >= 4 is 28.2 Å². The molecule has 6 heteroatoms. The summed E-state index contributed by atoms with van der Waals surface area (Å²) in [5.74, 6) is -0.950. The Balaban J connectivity index is 2.03. The first-order valence-electron chi connectivity index (χ1n) is 7.41. The van der Waals surface area contributed by atoms with Crippen LogP contribution in [0.2, 0.25) is 0 Å². The average molecular weight is 342 g/mol. The summed E-state index contributed by atoms with van der Waals surface area (Å²) in [7, 11) is 0. The molecule has 0 aliphatic carbocycles. The van der Waals surface area contributed by atoms with E-state index >= 15 is 0 Å². The van der Waals surface area contributed by atoms with Gasteiger partial charge in [-0.25, -0.2) is 0 Å². The van der Waals surface area contributed by atoms with Crippen LogP contribution in [0.1, 0.15) is 31.9 Å². The Morgan fingerprint density at radius 2 is 1.92 bits per heavy atom. The number of esters is 1. The largest absolute Gasteiger partial charge is 0.452 e. The molecule has 1 atom stereocenters. The van der Waals surface area contributed by atoms with E-state index in [1.165, 1.54) is 18.3 Å². The van der Waals surface area contributed by atoms with Gasteiger partial charge in [-0.15, -0.1) is 11.3 Å². The first kappa shape index (κ1) is 17.7. The molecule has 0 saturated heterocycles. The second kappa shape index (κ2) is 7.28. The number of rotatable bonds is 5. The first-order chi connectivity index (χ1) is 11.4. The van der Waals surface area contributed by atoms with E-state index in [2.05, 4.69) is 5.32 Å². The predicted molar refractivity (Wildman–Crippen MR) is 92.7 cm³/mol. The second-order valence-electron chi connectivity index (χ2n) is 5.80. The highest BCUT2D eigenvalue weighted by Gasteiger charge is 2.33. The molecule has 1 aromatic carbocycles. The number of anilines is 1. The monoisotopic (exact) mass is 342 g/mol. The maximum atomic E-state index is 12.5. The van der Waals surface area contributed by atoms with Crippen molar-refractivity contribution in [1.29, 1.82) is 5.26 Å². The van der Waals surface area contributed by atoms with Gasteiger partial charge < -0.3 is 10.1 Å². The highest BCUT2D eigenvalue weighted by Crippen LogP contribution is 2.26. The second-order valence-corrected chi connectivity index (χ2v) is 6.72. The Labute approximate surface area is 144 Å². The summed E-state index contributed by atoms with van der Waals surface area (Å²) in [5.41, 5.74) is 0.334. The number of ether oxygens (including phenoxy) is 1. The van der Waals surface area contributed by atoms with Crippen LogP contribution in [0.25, 0.3) is 0 Å². The van der Waals surface area contributed by atoms with Crippen molar-refractivity contribution in [1.82, 2.24) is 0 Å². The molecular weight excluding hydrogens is 324 g/mol.